The fraction of sp³-hybridized carbons (Fsp3) is 0.611. The molecule has 2 aliphatic rings. The molecule has 7 heteroatoms. The Morgan fingerprint density at radius 3 is 2.52 bits per heavy atom. The van der Waals surface area contributed by atoms with E-state index < -0.39 is 14.6 Å². The summed E-state index contributed by atoms with van der Waals surface area (Å²) in [5.74, 6) is 0.184. The summed E-state index contributed by atoms with van der Waals surface area (Å²) >= 11 is 5.89. The zero-order chi connectivity index (χ0) is 18.1. The highest BCUT2D eigenvalue weighted by molar-refractivity contribution is 7.93. The van der Waals surface area contributed by atoms with Crippen molar-refractivity contribution >= 4 is 27.3 Å². The summed E-state index contributed by atoms with van der Waals surface area (Å²) in [6.45, 7) is 2.13. The van der Waals surface area contributed by atoms with Gasteiger partial charge >= 0.3 is 0 Å². The van der Waals surface area contributed by atoms with Gasteiger partial charge < -0.3 is 10.2 Å². The van der Waals surface area contributed by atoms with Crippen molar-refractivity contribution in [3.05, 3.63) is 29.3 Å². The van der Waals surface area contributed by atoms with Crippen molar-refractivity contribution in [2.45, 2.75) is 41.7 Å². The van der Waals surface area contributed by atoms with Crippen LogP contribution < -0.4 is 5.32 Å². The van der Waals surface area contributed by atoms with Crippen molar-refractivity contribution in [3.8, 4) is 0 Å². The molecule has 1 N–H and O–H groups in total. The van der Waals surface area contributed by atoms with Crippen LogP contribution in [0.25, 0.3) is 0 Å². The number of sulfone groups is 1. The van der Waals surface area contributed by atoms with Crippen molar-refractivity contribution in [1.82, 2.24) is 10.2 Å². The van der Waals surface area contributed by atoms with Crippen molar-refractivity contribution < 1.29 is 13.2 Å². The van der Waals surface area contributed by atoms with Gasteiger partial charge in [-0.05, 0) is 63.0 Å². The monoisotopic (exact) mass is 384 g/mol. The molecule has 5 nitrogen and oxygen atoms in total. The minimum Gasteiger partial charge on any atom is -0.341 e. The van der Waals surface area contributed by atoms with Gasteiger partial charge in [-0.1, -0.05) is 24.4 Å². The fourth-order valence-electron chi connectivity index (χ4n) is 4.14. The molecule has 1 aromatic rings. The molecule has 1 heterocycles. The zero-order valence-corrected chi connectivity index (χ0v) is 16.1. The first-order chi connectivity index (χ1) is 11.9. The van der Waals surface area contributed by atoms with Gasteiger partial charge in [0, 0.05) is 18.1 Å². The van der Waals surface area contributed by atoms with E-state index in [0.717, 1.165) is 25.8 Å². The molecule has 0 radical (unpaired) electrons. The highest BCUT2D eigenvalue weighted by Crippen LogP contribution is 2.42. The highest BCUT2D eigenvalue weighted by Gasteiger charge is 2.55. The number of rotatable bonds is 5. The van der Waals surface area contributed by atoms with Gasteiger partial charge in [-0.25, -0.2) is 8.42 Å². The van der Waals surface area contributed by atoms with Gasteiger partial charge in [0.25, 0.3) is 0 Å². The van der Waals surface area contributed by atoms with Crippen LogP contribution in [0.5, 0.6) is 0 Å². The Bertz CT molecular complexity index is 727. The third-order valence-corrected chi connectivity index (χ3v) is 8.26. The quantitative estimate of drug-likeness (QED) is 0.846. The number of amides is 1. The molecule has 1 amide bonds. The van der Waals surface area contributed by atoms with Gasteiger partial charge in [-0.2, -0.15) is 0 Å². The molecule has 1 aromatic carbocycles. The molecule has 2 fully saturated rings. The number of carbonyl (C=O) groups excluding carboxylic acids is 1. The zero-order valence-electron chi connectivity index (χ0n) is 14.5. The molecule has 0 bridgehead atoms. The van der Waals surface area contributed by atoms with Crippen molar-refractivity contribution in [3.63, 3.8) is 0 Å². The number of carbonyl (C=O) groups is 1. The van der Waals surface area contributed by atoms with E-state index in [1.165, 1.54) is 12.1 Å². The van der Waals surface area contributed by atoms with E-state index in [2.05, 4.69) is 5.32 Å². The smallest absolute Gasteiger partial charge is 0.244 e. The van der Waals surface area contributed by atoms with Crippen LogP contribution in [0, 0.1) is 5.92 Å². The lowest BCUT2D eigenvalue weighted by molar-refractivity contribution is -0.133. The Balaban J connectivity index is 1.91. The van der Waals surface area contributed by atoms with Gasteiger partial charge in [0.1, 0.15) is 0 Å². The number of nitrogens with one attached hydrogen (secondary N) is 1. The largest absolute Gasteiger partial charge is 0.341 e. The van der Waals surface area contributed by atoms with E-state index in [1.54, 1.807) is 17.0 Å². The van der Waals surface area contributed by atoms with E-state index in [9.17, 15) is 13.2 Å². The second-order valence-electron chi connectivity index (χ2n) is 7.12. The summed E-state index contributed by atoms with van der Waals surface area (Å²) in [6, 6.07) is 6.17. The maximum Gasteiger partial charge on any atom is 0.244 e. The maximum atomic E-state index is 13.4. The van der Waals surface area contributed by atoms with Crippen LogP contribution in [-0.4, -0.2) is 50.7 Å². The number of nitrogens with zero attached hydrogens (tertiary/aromatic N) is 1. The summed E-state index contributed by atoms with van der Waals surface area (Å²) in [5.41, 5.74) is 0. The summed E-state index contributed by atoms with van der Waals surface area (Å²) in [5, 5.41) is 3.63. The molecule has 25 heavy (non-hydrogen) atoms. The average Bonchev–Trinajstić information content (AvgIpc) is 3.25. The Morgan fingerprint density at radius 1 is 1.28 bits per heavy atom. The number of benzene rings is 1. The third kappa shape index (κ3) is 3.32. The third-order valence-electron chi connectivity index (χ3n) is 5.51. The second kappa shape index (κ2) is 7.25. The van der Waals surface area contributed by atoms with Crippen LogP contribution in [0.1, 0.15) is 32.1 Å². The summed E-state index contributed by atoms with van der Waals surface area (Å²) in [6.07, 6.45) is 3.27. The first-order valence-corrected chi connectivity index (χ1v) is 10.7. The van der Waals surface area contributed by atoms with E-state index in [1.807, 2.05) is 7.05 Å². The topological polar surface area (TPSA) is 66.5 Å². The van der Waals surface area contributed by atoms with Crippen LogP contribution in [0.2, 0.25) is 5.02 Å². The normalized spacial score (nSPS) is 23.1. The van der Waals surface area contributed by atoms with Crippen LogP contribution >= 0.6 is 11.6 Å². The number of hydrogen-bond acceptors (Lipinski definition) is 4. The summed E-state index contributed by atoms with van der Waals surface area (Å²) in [4.78, 5) is 15.3. The van der Waals surface area contributed by atoms with Crippen LogP contribution in [0.15, 0.2) is 29.2 Å². The molecule has 1 aliphatic heterocycles. The van der Waals surface area contributed by atoms with Gasteiger partial charge in [0.15, 0.2) is 14.6 Å². The molecule has 0 aromatic heterocycles. The van der Waals surface area contributed by atoms with Crippen LogP contribution in [0.4, 0.5) is 0 Å². The number of likely N-dealkylation sites (tertiary alicyclic amines) is 1. The molecule has 1 atom stereocenters. The molecular weight excluding hydrogens is 360 g/mol. The fourth-order valence-corrected chi connectivity index (χ4v) is 6.40. The standard InChI is InChI=1S/C18H25ClN2O3S/c1-20-12-14-8-11-21(13-14)17(22)18(9-2-3-10-18)25(23,24)16-6-4-15(19)5-7-16/h4-7,14,20H,2-3,8-13H2,1H3/t14-/m0/s1. The second-order valence-corrected chi connectivity index (χ2v) is 9.82. The van der Waals surface area contributed by atoms with Crippen molar-refractivity contribution in [2.75, 3.05) is 26.7 Å². The first kappa shape index (κ1) is 18.7. The lowest BCUT2D eigenvalue weighted by Gasteiger charge is -2.32. The van der Waals surface area contributed by atoms with Crippen molar-refractivity contribution in [2.24, 2.45) is 5.92 Å². The Kier molecular flexibility index (Phi) is 5.42. The average molecular weight is 385 g/mol. The highest BCUT2D eigenvalue weighted by atomic mass is 35.5. The van der Waals surface area contributed by atoms with Crippen LogP contribution in [-0.2, 0) is 14.6 Å². The maximum absolute atomic E-state index is 13.4. The predicted octanol–water partition coefficient (Wildman–Crippen LogP) is 2.49. The summed E-state index contributed by atoms with van der Waals surface area (Å²) < 4.78 is 25.4. The molecule has 1 saturated heterocycles. The molecule has 138 valence electrons. The van der Waals surface area contributed by atoms with Gasteiger partial charge in [0.2, 0.25) is 5.91 Å². The Morgan fingerprint density at radius 2 is 1.92 bits per heavy atom. The minimum absolute atomic E-state index is 0.193. The van der Waals surface area contributed by atoms with Gasteiger partial charge in [0.05, 0.1) is 4.90 Å². The Hall–Kier alpha value is -1.11. The lowest BCUT2D eigenvalue weighted by atomic mass is 10.1. The molecule has 0 spiro atoms. The molecule has 3 rings (SSSR count). The number of halogens is 1. The van der Waals surface area contributed by atoms with Gasteiger partial charge in [-0.3, -0.25) is 4.79 Å². The number of hydrogen-bond donors (Lipinski definition) is 1. The van der Waals surface area contributed by atoms with Crippen LogP contribution in [0.3, 0.4) is 0 Å². The molecular formula is C18H25ClN2O3S. The SMILES string of the molecule is CNC[C@@H]1CCN(C(=O)C2(S(=O)(=O)c3ccc(Cl)cc3)CCCC2)C1. The summed E-state index contributed by atoms with van der Waals surface area (Å²) in [7, 11) is -1.85. The predicted molar refractivity (Wildman–Crippen MR) is 98.5 cm³/mol. The Labute approximate surface area is 154 Å². The van der Waals surface area contributed by atoms with E-state index in [0.29, 0.717) is 36.9 Å². The van der Waals surface area contributed by atoms with E-state index in [-0.39, 0.29) is 10.8 Å². The minimum atomic E-state index is -3.75. The van der Waals surface area contributed by atoms with Gasteiger partial charge in [-0.15, -0.1) is 0 Å². The lowest BCUT2D eigenvalue weighted by Crippen LogP contribution is -2.51. The molecule has 0 unspecified atom stereocenters. The van der Waals surface area contributed by atoms with E-state index >= 15 is 0 Å². The molecule has 1 saturated carbocycles. The molecule has 1 aliphatic carbocycles. The van der Waals surface area contributed by atoms with E-state index in [4.69, 9.17) is 11.6 Å². The van der Waals surface area contributed by atoms with Crippen molar-refractivity contribution in [1.29, 1.82) is 0 Å². The first-order valence-electron chi connectivity index (χ1n) is 8.85.